The molecule has 70 valence electrons. The SMILES string of the molecule is C=C(C)CC1(CC)CCNCC1. The standard InChI is InChI=1S/C11H21N/c1-4-11(9-10(2)3)5-7-12-8-6-11/h12H,2,4-9H2,1,3H3. The second-order valence-electron chi connectivity index (χ2n) is 4.24. The van der Waals surface area contributed by atoms with Crippen LogP contribution in [0.1, 0.15) is 39.5 Å². The van der Waals surface area contributed by atoms with Crippen molar-refractivity contribution in [2.24, 2.45) is 5.41 Å². The van der Waals surface area contributed by atoms with Crippen LogP contribution in [0, 0.1) is 5.41 Å². The van der Waals surface area contributed by atoms with Crippen molar-refractivity contribution in [3.63, 3.8) is 0 Å². The van der Waals surface area contributed by atoms with E-state index >= 15 is 0 Å². The van der Waals surface area contributed by atoms with Crippen LogP contribution in [0.25, 0.3) is 0 Å². The van der Waals surface area contributed by atoms with E-state index in [9.17, 15) is 0 Å². The van der Waals surface area contributed by atoms with Crippen molar-refractivity contribution in [1.82, 2.24) is 5.32 Å². The van der Waals surface area contributed by atoms with E-state index < -0.39 is 0 Å². The first kappa shape index (κ1) is 9.79. The summed E-state index contributed by atoms with van der Waals surface area (Å²) in [6, 6.07) is 0. The lowest BCUT2D eigenvalue weighted by molar-refractivity contribution is 0.191. The van der Waals surface area contributed by atoms with Crippen LogP contribution in [-0.2, 0) is 0 Å². The third-order valence-corrected chi connectivity index (χ3v) is 3.09. The minimum absolute atomic E-state index is 0.580. The van der Waals surface area contributed by atoms with E-state index in [1.54, 1.807) is 0 Å². The number of rotatable bonds is 3. The van der Waals surface area contributed by atoms with Gasteiger partial charge in [-0.05, 0) is 44.7 Å². The van der Waals surface area contributed by atoms with Crippen molar-refractivity contribution in [3.05, 3.63) is 12.2 Å². The summed E-state index contributed by atoms with van der Waals surface area (Å²) in [5.41, 5.74) is 1.93. The quantitative estimate of drug-likeness (QED) is 0.637. The maximum Gasteiger partial charge on any atom is -0.00435 e. The summed E-state index contributed by atoms with van der Waals surface area (Å²) in [5, 5.41) is 3.42. The highest BCUT2D eigenvalue weighted by Crippen LogP contribution is 2.38. The van der Waals surface area contributed by atoms with E-state index in [4.69, 9.17) is 0 Å². The lowest BCUT2D eigenvalue weighted by Gasteiger charge is -2.37. The van der Waals surface area contributed by atoms with Gasteiger partial charge in [0.15, 0.2) is 0 Å². The van der Waals surface area contributed by atoms with Gasteiger partial charge in [-0.15, -0.1) is 6.58 Å². The molecule has 1 heterocycles. The summed E-state index contributed by atoms with van der Waals surface area (Å²) in [6.45, 7) is 10.9. The third kappa shape index (κ3) is 2.34. The molecule has 0 atom stereocenters. The predicted octanol–water partition coefficient (Wildman–Crippen LogP) is 2.73. The highest BCUT2D eigenvalue weighted by Gasteiger charge is 2.29. The van der Waals surface area contributed by atoms with Gasteiger partial charge in [-0.3, -0.25) is 0 Å². The van der Waals surface area contributed by atoms with Crippen molar-refractivity contribution in [3.8, 4) is 0 Å². The molecule has 1 fully saturated rings. The van der Waals surface area contributed by atoms with Crippen molar-refractivity contribution in [1.29, 1.82) is 0 Å². The molecule has 0 aromatic heterocycles. The molecule has 0 unspecified atom stereocenters. The van der Waals surface area contributed by atoms with Gasteiger partial charge in [0, 0.05) is 0 Å². The predicted molar refractivity (Wildman–Crippen MR) is 54.3 cm³/mol. The Kier molecular flexibility index (Phi) is 3.33. The molecular weight excluding hydrogens is 146 g/mol. The zero-order chi connectivity index (χ0) is 9.03. The van der Waals surface area contributed by atoms with Crippen LogP contribution in [0.5, 0.6) is 0 Å². The third-order valence-electron chi connectivity index (χ3n) is 3.09. The van der Waals surface area contributed by atoms with Crippen LogP contribution < -0.4 is 5.32 Å². The molecule has 1 N–H and O–H groups in total. The van der Waals surface area contributed by atoms with Crippen molar-refractivity contribution >= 4 is 0 Å². The Morgan fingerprint density at radius 1 is 1.42 bits per heavy atom. The smallest absolute Gasteiger partial charge is 0.00435 e. The number of piperidine rings is 1. The molecule has 1 heteroatoms. The van der Waals surface area contributed by atoms with Crippen molar-refractivity contribution in [2.75, 3.05) is 13.1 Å². The topological polar surface area (TPSA) is 12.0 Å². The molecule has 1 aliphatic rings. The summed E-state index contributed by atoms with van der Waals surface area (Å²) in [5.74, 6) is 0. The summed E-state index contributed by atoms with van der Waals surface area (Å²) in [6.07, 6.45) is 5.19. The first-order valence-electron chi connectivity index (χ1n) is 5.04. The van der Waals surface area contributed by atoms with Crippen LogP contribution in [0.15, 0.2) is 12.2 Å². The molecule has 0 aromatic carbocycles. The zero-order valence-electron chi connectivity index (χ0n) is 8.45. The molecule has 0 aliphatic carbocycles. The van der Waals surface area contributed by atoms with Crippen LogP contribution >= 0.6 is 0 Å². The van der Waals surface area contributed by atoms with Gasteiger partial charge in [0.05, 0.1) is 0 Å². The average Bonchev–Trinajstić information content (AvgIpc) is 2.05. The fourth-order valence-corrected chi connectivity index (χ4v) is 2.25. The van der Waals surface area contributed by atoms with Crippen LogP contribution in [0.3, 0.4) is 0 Å². The minimum atomic E-state index is 0.580. The number of hydrogen-bond donors (Lipinski definition) is 1. The van der Waals surface area contributed by atoms with E-state index in [-0.39, 0.29) is 0 Å². The summed E-state index contributed by atoms with van der Waals surface area (Å²) in [4.78, 5) is 0. The Labute approximate surface area is 76.2 Å². The van der Waals surface area contributed by atoms with Crippen molar-refractivity contribution in [2.45, 2.75) is 39.5 Å². The summed E-state index contributed by atoms with van der Waals surface area (Å²) in [7, 11) is 0. The molecular formula is C11H21N. The van der Waals surface area contributed by atoms with E-state index in [2.05, 4.69) is 25.7 Å². The number of allylic oxidation sites excluding steroid dienone is 1. The summed E-state index contributed by atoms with van der Waals surface area (Å²) >= 11 is 0. The Hall–Kier alpha value is -0.300. The second-order valence-corrected chi connectivity index (χ2v) is 4.24. The molecule has 0 spiro atoms. The lowest BCUT2D eigenvalue weighted by atomic mass is 9.72. The molecule has 1 rings (SSSR count). The molecule has 1 aliphatic heterocycles. The monoisotopic (exact) mass is 167 g/mol. The molecule has 0 aromatic rings. The highest BCUT2D eigenvalue weighted by molar-refractivity contribution is 4.98. The van der Waals surface area contributed by atoms with E-state index in [1.165, 1.54) is 44.3 Å². The Morgan fingerprint density at radius 2 is 2.00 bits per heavy atom. The molecule has 0 radical (unpaired) electrons. The fourth-order valence-electron chi connectivity index (χ4n) is 2.25. The molecule has 12 heavy (non-hydrogen) atoms. The van der Waals surface area contributed by atoms with Crippen LogP contribution in [-0.4, -0.2) is 13.1 Å². The summed E-state index contributed by atoms with van der Waals surface area (Å²) < 4.78 is 0. The van der Waals surface area contributed by atoms with Gasteiger partial charge in [-0.2, -0.15) is 0 Å². The maximum absolute atomic E-state index is 4.02. The molecule has 0 bridgehead atoms. The largest absolute Gasteiger partial charge is 0.317 e. The molecule has 1 nitrogen and oxygen atoms in total. The zero-order valence-corrected chi connectivity index (χ0v) is 8.45. The fraction of sp³-hybridized carbons (Fsp3) is 0.818. The molecule has 0 saturated carbocycles. The maximum atomic E-state index is 4.02. The average molecular weight is 167 g/mol. The first-order chi connectivity index (χ1) is 5.68. The second kappa shape index (κ2) is 4.08. The minimum Gasteiger partial charge on any atom is -0.317 e. The van der Waals surface area contributed by atoms with Gasteiger partial charge in [0.25, 0.3) is 0 Å². The van der Waals surface area contributed by atoms with Gasteiger partial charge < -0.3 is 5.32 Å². The molecule has 1 saturated heterocycles. The van der Waals surface area contributed by atoms with E-state index in [0.29, 0.717) is 5.41 Å². The first-order valence-corrected chi connectivity index (χ1v) is 5.04. The molecule has 0 amide bonds. The normalized spacial score (nSPS) is 22.2. The Balaban J connectivity index is 2.53. The van der Waals surface area contributed by atoms with Gasteiger partial charge in [0.2, 0.25) is 0 Å². The van der Waals surface area contributed by atoms with Crippen LogP contribution in [0.4, 0.5) is 0 Å². The van der Waals surface area contributed by atoms with E-state index in [0.717, 1.165) is 0 Å². The van der Waals surface area contributed by atoms with Crippen LogP contribution in [0.2, 0.25) is 0 Å². The van der Waals surface area contributed by atoms with Crippen molar-refractivity contribution < 1.29 is 0 Å². The van der Waals surface area contributed by atoms with Gasteiger partial charge in [0.1, 0.15) is 0 Å². The van der Waals surface area contributed by atoms with E-state index in [1.807, 2.05) is 0 Å². The Morgan fingerprint density at radius 3 is 2.42 bits per heavy atom. The lowest BCUT2D eigenvalue weighted by Crippen LogP contribution is -2.36. The highest BCUT2D eigenvalue weighted by atomic mass is 14.9. The van der Waals surface area contributed by atoms with Gasteiger partial charge in [-0.25, -0.2) is 0 Å². The van der Waals surface area contributed by atoms with Gasteiger partial charge >= 0.3 is 0 Å². The number of hydrogen-bond acceptors (Lipinski definition) is 1. The number of nitrogens with one attached hydrogen (secondary N) is 1. The van der Waals surface area contributed by atoms with Gasteiger partial charge in [-0.1, -0.05) is 18.9 Å². The Bertz CT molecular complexity index is 154.